The molecule has 8 unspecified atom stereocenters. The van der Waals surface area contributed by atoms with Crippen molar-refractivity contribution in [2.75, 3.05) is 13.2 Å². The number of amides is 1. The maximum atomic E-state index is 13.4. The fraction of sp³-hybridized carbons (Fsp3) is 0.727. The number of carbonyl (C=O) groups is 2. The van der Waals surface area contributed by atoms with E-state index in [1.807, 2.05) is 6.08 Å². The summed E-state index contributed by atoms with van der Waals surface area (Å²) < 4.78 is 17.6. The van der Waals surface area contributed by atoms with E-state index in [0.29, 0.717) is 12.8 Å². The lowest BCUT2D eigenvalue weighted by atomic mass is 9.99. The minimum atomic E-state index is -1.63. The number of aliphatic hydroxyl groups is 5. The van der Waals surface area contributed by atoms with Crippen molar-refractivity contribution >= 4 is 11.9 Å². The van der Waals surface area contributed by atoms with Crippen LogP contribution in [0.1, 0.15) is 245 Å². The molecule has 11 nitrogen and oxygen atoms in total. The summed E-state index contributed by atoms with van der Waals surface area (Å²) in [7, 11) is 0. The van der Waals surface area contributed by atoms with Crippen LogP contribution in [0.4, 0.5) is 0 Å². The van der Waals surface area contributed by atoms with Crippen molar-refractivity contribution in [3.05, 3.63) is 97.2 Å². The Balaban J connectivity index is 2.71. The van der Waals surface area contributed by atoms with Gasteiger partial charge in [0.05, 0.1) is 25.4 Å². The first-order valence-electron chi connectivity index (χ1n) is 31.0. The quantitative estimate of drug-likeness (QED) is 0.0195. The maximum Gasteiger partial charge on any atom is 0.306 e. The molecule has 0 saturated carbocycles. The van der Waals surface area contributed by atoms with Crippen LogP contribution >= 0.6 is 0 Å². The van der Waals surface area contributed by atoms with Gasteiger partial charge in [0.15, 0.2) is 12.4 Å². The minimum Gasteiger partial charge on any atom is -0.454 e. The highest BCUT2D eigenvalue weighted by molar-refractivity contribution is 5.80. The Labute approximate surface area is 469 Å². The first-order valence-corrected chi connectivity index (χ1v) is 31.0. The zero-order valence-corrected chi connectivity index (χ0v) is 48.8. The van der Waals surface area contributed by atoms with Gasteiger partial charge >= 0.3 is 5.97 Å². The van der Waals surface area contributed by atoms with E-state index in [4.69, 9.17) is 14.2 Å². The Bertz CT molecular complexity index is 1620. The summed E-state index contributed by atoms with van der Waals surface area (Å²) in [5.41, 5.74) is 0. The van der Waals surface area contributed by atoms with E-state index in [2.05, 4.69) is 111 Å². The zero-order valence-electron chi connectivity index (χ0n) is 48.8. The van der Waals surface area contributed by atoms with Crippen molar-refractivity contribution in [3.63, 3.8) is 0 Å². The number of rotatable bonds is 51. The Morgan fingerprint density at radius 2 is 0.896 bits per heavy atom. The fourth-order valence-corrected chi connectivity index (χ4v) is 8.99. The van der Waals surface area contributed by atoms with E-state index in [0.717, 1.165) is 109 Å². The Hall–Kier alpha value is -3.42. The first kappa shape index (κ1) is 71.6. The van der Waals surface area contributed by atoms with E-state index < -0.39 is 67.4 Å². The summed E-state index contributed by atoms with van der Waals surface area (Å²) in [5, 5.41) is 56.9. The lowest BCUT2D eigenvalue weighted by Crippen LogP contribution is -2.61. The lowest BCUT2D eigenvalue weighted by molar-refractivity contribution is -0.305. The number of unbranched alkanes of at least 4 members (excludes halogenated alkanes) is 23. The molecule has 8 atom stereocenters. The second-order valence-electron chi connectivity index (χ2n) is 21.1. The molecular weight excluding hydrogens is 967 g/mol. The zero-order chi connectivity index (χ0) is 56.1. The number of esters is 1. The molecule has 442 valence electrons. The Kier molecular flexibility index (Phi) is 49.5. The number of carbonyl (C=O) groups excluding carboxylic acids is 2. The van der Waals surface area contributed by atoms with Gasteiger partial charge in [-0.05, 0) is 109 Å². The van der Waals surface area contributed by atoms with Crippen LogP contribution in [0, 0.1) is 0 Å². The smallest absolute Gasteiger partial charge is 0.306 e. The molecule has 11 heteroatoms. The second-order valence-corrected chi connectivity index (χ2v) is 21.1. The molecule has 0 bridgehead atoms. The van der Waals surface area contributed by atoms with Crippen molar-refractivity contribution in [2.45, 2.75) is 294 Å². The van der Waals surface area contributed by atoms with Crippen molar-refractivity contribution < 1.29 is 49.3 Å². The number of hydrogen-bond acceptors (Lipinski definition) is 10. The predicted molar refractivity (Wildman–Crippen MR) is 319 cm³/mol. The van der Waals surface area contributed by atoms with Gasteiger partial charge in [-0.1, -0.05) is 227 Å². The molecule has 0 spiro atoms. The summed E-state index contributed by atoms with van der Waals surface area (Å²) in [6.45, 7) is 5.69. The molecule has 0 aromatic carbocycles. The number of aliphatic hydroxyl groups excluding tert-OH is 5. The molecule has 1 aliphatic rings. The molecule has 1 heterocycles. The van der Waals surface area contributed by atoms with Crippen molar-refractivity contribution in [3.8, 4) is 0 Å². The van der Waals surface area contributed by atoms with E-state index in [1.54, 1.807) is 6.08 Å². The summed E-state index contributed by atoms with van der Waals surface area (Å²) in [6.07, 6.45) is 60.1. The third-order valence-electron chi connectivity index (χ3n) is 14.0. The first-order chi connectivity index (χ1) is 37.7. The third kappa shape index (κ3) is 41.3. The highest BCUT2D eigenvalue weighted by atomic mass is 16.7. The van der Waals surface area contributed by atoms with Gasteiger partial charge in [0, 0.05) is 6.42 Å². The molecule has 1 rings (SSSR count). The summed E-state index contributed by atoms with van der Waals surface area (Å²) in [5.74, 6) is -1.25. The highest BCUT2D eigenvalue weighted by Crippen LogP contribution is 2.26. The topological polar surface area (TPSA) is 175 Å². The van der Waals surface area contributed by atoms with Crippen LogP contribution < -0.4 is 5.32 Å². The highest BCUT2D eigenvalue weighted by Gasteiger charge is 2.47. The van der Waals surface area contributed by atoms with Gasteiger partial charge in [-0.2, -0.15) is 0 Å². The van der Waals surface area contributed by atoms with Gasteiger partial charge in [-0.3, -0.25) is 9.59 Å². The normalized spacial score (nSPS) is 19.7. The predicted octanol–water partition coefficient (Wildman–Crippen LogP) is 14.7. The van der Waals surface area contributed by atoms with Gasteiger partial charge in [0.25, 0.3) is 0 Å². The standard InChI is InChI=1S/C66H113NO10/c1-4-7-10-13-16-19-22-24-26-28-30-32-34-36-39-42-45-48-51-54-61(71)77-64-63(73)62(72)60(55-68)76-66(64)75-56-57(58(69)52-49-46-43-40-37-21-18-15-12-9-6-3)67-65(74)59(70)53-50-47-44-41-38-35-33-31-29-27-25-23-20-17-14-11-8-5-2/h16-17,19-20,24-27,30-33,36,39,49,52,57-60,62-64,66,68-70,72-73H,4-15,18,21-23,28-29,34-35,37-38,40-48,50-51,53-56H2,1-3H3,(H,67,74)/b19-16-,20-17-,26-24-,27-25-,32-30-,33-31-,39-36-,52-49+. The van der Waals surface area contributed by atoms with E-state index in [9.17, 15) is 35.1 Å². The van der Waals surface area contributed by atoms with E-state index in [-0.39, 0.29) is 19.4 Å². The SMILES string of the molecule is CCCCC/C=C\C/C=C\C/C=C\C/C=C\CCCCCC(=O)OC1C(OCC(NC(=O)C(O)CCCCCCC/C=C\C/C=C\C/C=C\CCCCC)C(O)/C=C/CCCCCCCCCCC)OC(CO)C(O)C1O. The molecule has 0 radical (unpaired) electrons. The van der Waals surface area contributed by atoms with Gasteiger partial charge in [-0.15, -0.1) is 0 Å². The molecule has 0 aliphatic carbocycles. The van der Waals surface area contributed by atoms with Crippen molar-refractivity contribution in [2.24, 2.45) is 0 Å². The van der Waals surface area contributed by atoms with Gasteiger partial charge in [-0.25, -0.2) is 0 Å². The van der Waals surface area contributed by atoms with E-state index >= 15 is 0 Å². The monoisotopic (exact) mass is 1080 g/mol. The van der Waals surface area contributed by atoms with Crippen LogP contribution in [0.15, 0.2) is 97.2 Å². The number of allylic oxidation sites excluding steroid dienone is 15. The molecule has 1 saturated heterocycles. The van der Waals surface area contributed by atoms with Crippen LogP contribution in [-0.4, -0.2) is 99.6 Å². The van der Waals surface area contributed by atoms with Gasteiger partial charge < -0.3 is 45.1 Å². The lowest BCUT2D eigenvalue weighted by Gasteiger charge is -2.41. The second kappa shape index (κ2) is 53.2. The Morgan fingerprint density at radius 1 is 0.506 bits per heavy atom. The van der Waals surface area contributed by atoms with Gasteiger partial charge in [0.1, 0.15) is 24.4 Å². The fourth-order valence-electron chi connectivity index (χ4n) is 8.99. The number of ether oxygens (including phenoxy) is 3. The Morgan fingerprint density at radius 3 is 1.36 bits per heavy atom. The number of nitrogens with one attached hydrogen (secondary N) is 1. The van der Waals surface area contributed by atoms with Crippen LogP contribution in [0.3, 0.4) is 0 Å². The molecule has 1 amide bonds. The average Bonchev–Trinajstić information content (AvgIpc) is 3.43. The summed E-state index contributed by atoms with van der Waals surface area (Å²) in [6, 6.07) is -1.04. The van der Waals surface area contributed by atoms with Crippen LogP contribution in [0.25, 0.3) is 0 Å². The summed E-state index contributed by atoms with van der Waals surface area (Å²) >= 11 is 0. The molecule has 6 N–H and O–H groups in total. The largest absolute Gasteiger partial charge is 0.454 e. The number of hydrogen-bond donors (Lipinski definition) is 6. The van der Waals surface area contributed by atoms with Crippen LogP contribution in [0.5, 0.6) is 0 Å². The third-order valence-corrected chi connectivity index (χ3v) is 14.0. The molecule has 0 aromatic heterocycles. The summed E-state index contributed by atoms with van der Waals surface area (Å²) in [4.78, 5) is 26.5. The average molecular weight is 1080 g/mol. The van der Waals surface area contributed by atoms with Crippen molar-refractivity contribution in [1.29, 1.82) is 0 Å². The van der Waals surface area contributed by atoms with E-state index in [1.165, 1.54) is 89.9 Å². The molecule has 1 aliphatic heterocycles. The molecular formula is C66H113NO10. The van der Waals surface area contributed by atoms with Gasteiger partial charge in [0.2, 0.25) is 5.91 Å². The molecule has 1 fully saturated rings. The molecule has 0 aromatic rings. The maximum absolute atomic E-state index is 13.4. The molecule has 77 heavy (non-hydrogen) atoms. The minimum absolute atomic E-state index is 0.0798. The van der Waals surface area contributed by atoms with Crippen molar-refractivity contribution in [1.82, 2.24) is 5.32 Å². The van der Waals surface area contributed by atoms with Crippen LogP contribution in [-0.2, 0) is 23.8 Å². The van der Waals surface area contributed by atoms with Crippen LogP contribution in [0.2, 0.25) is 0 Å².